The van der Waals surface area contributed by atoms with Crippen molar-refractivity contribution >= 4 is 11.0 Å². The average Bonchev–Trinajstić information content (AvgIpc) is 3.21. The normalized spacial score (nSPS) is 18.5. The van der Waals surface area contributed by atoms with E-state index < -0.39 is 0 Å². The highest BCUT2D eigenvalue weighted by Gasteiger charge is 2.23. The Balaban J connectivity index is 1.37. The highest BCUT2D eigenvalue weighted by molar-refractivity contribution is 5.74. The van der Waals surface area contributed by atoms with Crippen molar-refractivity contribution in [1.82, 2.24) is 14.9 Å². The Kier molecular flexibility index (Phi) is 4.32. The molecular formula is C20H23N3O. The first-order valence-corrected chi connectivity index (χ1v) is 8.65. The molecule has 2 heterocycles. The molecule has 0 spiro atoms. The number of likely N-dealkylation sites (tertiary alicyclic amines) is 1. The lowest BCUT2D eigenvalue weighted by Gasteiger charge is -2.14. The van der Waals surface area contributed by atoms with E-state index in [0.29, 0.717) is 5.92 Å². The molecule has 1 unspecified atom stereocenters. The van der Waals surface area contributed by atoms with Gasteiger partial charge in [0.2, 0.25) is 0 Å². The molecule has 0 radical (unpaired) electrons. The van der Waals surface area contributed by atoms with Gasteiger partial charge in [0, 0.05) is 6.54 Å². The summed E-state index contributed by atoms with van der Waals surface area (Å²) >= 11 is 0. The molecule has 124 valence electrons. The second kappa shape index (κ2) is 6.75. The van der Waals surface area contributed by atoms with Gasteiger partial charge in [-0.05, 0) is 48.6 Å². The third-order valence-electron chi connectivity index (χ3n) is 4.88. The molecule has 4 heteroatoms. The van der Waals surface area contributed by atoms with Crippen LogP contribution in [-0.4, -0.2) is 33.1 Å². The summed E-state index contributed by atoms with van der Waals surface area (Å²) in [7, 11) is 0. The minimum Gasteiger partial charge on any atom is -0.392 e. The van der Waals surface area contributed by atoms with Gasteiger partial charge in [0.1, 0.15) is 5.82 Å². The van der Waals surface area contributed by atoms with Crippen molar-refractivity contribution in [3.63, 3.8) is 0 Å². The monoisotopic (exact) mass is 321 g/mol. The number of imidazole rings is 1. The predicted molar refractivity (Wildman–Crippen MR) is 95.5 cm³/mol. The molecule has 0 amide bonds. The number of benzene rings is 2. The average molecular weight is 321 g/mol. The fourth-order valence-corrected chi connectivity index (χ4v) is 3.70. The molecule has 4 rings (SSSR count). The number of para-hydroxylation sites is 2. The van der Waals surface area contributed by atoms with E-state index in [1.54, 1.807) is 0 Å². The zero-order valence-electron chi connectivity index (χ0n) is 13.8. The summed E-state index contributed by atoms with van der Waals surface area (Å²) in [5.74, 6) is 1.74. The number of rotatable bonds is 5. The molecule has 24 heavy (non-hydrogen) atoms. The van der Waals surface area contributed by atoms with E-state index in [9.17, 15) is 5.11 Å². The van der Waals surface area contributed by atoms with Crippen molar-refractivity contribution < 1.29 is 5.11 Å². The number of aromatic amines is 1. The molecule has 1 saturated heterocycles. The van der Waals surface area contributed by atoms with Gasteiger partial charge in [0.25, 0.3) is 0 Å². The summed E-state index contributed by atoms with van der Waals surface area (Å²) in [4.78, 5) is 10.6. The minimum atomic E-state index is 0.122. The van der Waals surface area contributed by atoms with Crippen molar-refractivity contribution in [1.29, 1.82) is 0 Å². The van der Waals surface area contributed by atoms with E-state index in [2.05, 4.69) is 39.1 Å². The lowest BCUT2D eigenvalue weighted by molar-refractivity contribution is 0.281. The number of aromatic nitrogens is 2. The zero-order chi connectivity index (χ0) is 16.4. The summed E-state index contributed by atoms with van der Waals surface area (Å²) in [6.45, 7) is 3.25. The quantitative estimate of drug-likeness (QED) is 0.759. The topological polar surface area (TPSA) is 52.1 Å². The molecule has 0 aliphatic carbocycles. The van der Waals surface area contributed by atoms with Crippen LogP contribution in [0.5, 0.6) is 0 Å². The van der Waals surface area contributed by atoms with Crippen LogP contribution in [0.4, 0.5) is 0 Å². The van der Waals surface area contributed by atoms with Crippen molar-refractivity contribution in [3.05, 3.63) is 65.5 Å². The summed E-state index contributed by atoms with van der Waals surface area (Å²) in [5, 5.41) is 9.27. The number of aliphatic hydroxyl groups is 1. The first-order chi connectivity index (χ1) is 11.8. The van der Waals surface area contributed by atoms with Crippen molar-refractivity contribution in [3.8, 4) is 0 Å². The number of hydrogen-bond donors (Lipinski definition) is 2. The summed E-state index contributed by atoms with van der Waals surface area (Å²) < 4.78 is 0. The van der Waals surface area contributed by atoms with Crippen molar-refractivity contribution in [2.45, 2.75) is 26.0 Å². The van der Waals surface area contributed by atoms with E-state index >= 15 is 0 Å². The number of nitrogens with zero attached hydrogens (tertiary/aromatic N) is 2. The molecule has 1 aliphatic rings. The van der Waals surface area contributed by atoms with Gasteiger partial charge in [-0.25, -0.2) is 4.98 Å². The first kappa shape index (κ1) is 15.4. The number of nitrogens with one attached hydrogen (secondary N) is 1. The summed E-state index contributed by atoms with van der Waals surface area (Å²) in [6, 6.07) is 16.5. The molecular weight excluding hydrogens is 298 g/mol. The van der Waals surface area contributed by atoms with E-state index in [1.807, 2.05) is 24.3 Å². The van der Waals surface area contributed by atoms with E-state index in [4.69, 9.17) is 0 Å². The second-order valence-electron chi connectivity index (χ2n) is 6.77. The first-order valence-electron chi connectivity index (χ1n) is 8.65. The highest BCUT2D eigenvalue weighted by atomic mass is 16.3. The van der Waals surface area contributed by atoms with Crippen LogP contribution in [0, 0.1) is 5.92 Å². The van der Waals surface area contributed by atoms with Gasteiger partial charge in [0.15, 0.2) is 0 Å². The van der Waals surface area contributed by atoms with Gasteiger partial charge in [-0.1, -0.05) is 36.4 Å². The summed E-state index contributed by atoms with van der Waals surface area (Å²) in [5.41, 5.74) is 4.50. The Labute approximate surface area is 142 Å². The van der Waals surface area contributed by atoms with Gasteiger partial charge in [-0.2, -0.15) is 0 Å². The lowest BCUT2D eigenvalue weighted by Crippen LogP contribution is -2.21. The smallest absolute Gasteiger partial charge is 0.121 e. The molecule has 0 bridgehead atoms. The van der Waals surface area contributed by atoms with Crippen LogP contribution in [0.1, 0.15) is 23.4 Å². The van der Waals surface area contributed by atoms with Gasteiger partial charge >= 0.3 is 0 Å². The van der Waals surface area contributed by atoms with Gasteiger partial charge in [-0.15, -0.1) is 0 Å². The Morgan fingerprint density at radius 2 is 2.00 bits per heavy atom. The second-order valence-corrected chi connectivity index (χ2v) is 6.77. The van der Waals surface area contributed by atoms with Crippen LogP contribution >= 0.6 is 0 Å². The van der Waals surface area contributed by atoms with Crippen LogP contribution < -0.4 is 0 Å². The fraction of sp³-hybridized carbons (Fsp3) is 0.350. The van der Waals surface area contributed by atoms with Crippen LogP contribution in [-0.2, 0) is 19.6 Å². The molecule has 2 N–H and O–H groups in total. The number of H-pyrrole nitrogens is 1. The summed E-state index contributed by atoms with van der Waals surface area (Å²) in [6.07, 6.45) is 2.31. The standard InChI is InChI=1S/C20H23N3O/c24-14-17-5-3-4-15(11-17)10-16-8-9-23(12-16)13-20-21-18-6-1-2-7-19(18)22-20/h1-7,11,16,24H,8-10,12-14H2,(H,21,22). The van der Waals surface area contributed by atoms with Crippen LogP contribution in [0.15, 0.2) is 48.5 Å². The predicted octanol–water partition coefficient (Wildman–Crippen LogP) is 3.12. The third kappa shape index (κ3) is 3.35. The van der Waals surface area contributed by atoms with Crippen molar-refractivity contribution in [2.75, 3.05) is 13.1 Å². The SMILES string of the molecule is OCc1cccc(CC2CCN(Cc3nc4ccccc4[nH]3)C2)c1. The Morgan fingerprint density at radius 3 is 2.88 bits per heavy atom. The molecule has 1 aromatic heterocycles. The fourth-order valence-electron chi connectivity index (χ4n) is 3.70. The van der Waals surface area contributed by atoms with Crippen molar-refractivity contribution in [2.24, 2.45) is 5.92 Å². The molecule has 4 nitrogen and oxygen atoms in total. The highest BCUT2D eigenvalue weighted by Crippen LogP contribution is 2.23. The number of hydrogen-bond acceptors (Lipinski definition) is 3. The van der Waals surface area contributed by atoms with Crippen LogP contribution in [0.25, 0.3) is 11.0 Å². The molecule has 3 aromatic rings. The van der Waals surface area contributed by atoms with Gasteiger partial charge in [-0.3, -0.25) is 4.90 Å². The molecule has 1 fully saturated rings. The lowest BCUT2D eigenvalue weighted by atomic mass is 9.97. The Hall–Kier alpha value is -2.17. The van der Waals surface area contributed by atoms with E-state index in [-0.39, 0.29) is 6.61 Å². The van der Waals surface area contributed by atoms with Crippen LogP contribution in [0.3, 0.4) is 0 Å². The van der Waals surface area contributed by atoms with Gasteiger partial charge in [0.05, 0.1) is 24.2 Å². The van der Waals surface area contributed by atoms with E-state index in [0.717, 1.165) is 48.5 Å². The van der Waals surface area contributed by atoms with E-state index in [1.165, 1.54) is 12.0 Å². The molecule has 0 saturated carbocycles. The zero-order valence-corrected chi connectivity index (χ0v) is 13.8. The maximum absolute atomic E-state index is 9.27. The Bertz CT molecular complexity index is 793. The largest absolute Gasteiger partial charge is 0.392 e. The van der Waals surface area contributed by atoms with Crippen LogP contribution in [0.2, 0.25) is 0 Å². The maximum atomic E-state index is 9.27. The number of aliphatic hydroxyl groups excluding tert-OH is 1. The molecule has 1 atom stereocenters. The minimum absolute atomic E-state index is 0.122. The maximum Gasteiger partial charge on any atom is 0.121 e. The molecule has 2 aromatic carbocycles. The third-order valence-corrected chi connectivity index (χ3v) is 4.88. The Morgan fingerprint density at radius 1 is 1.12 bits per heavy atom. The number of fused-ring (bicyclic) bond motifs is 1. The molecule has 1 aliphatic heterocycles. The van der Waals surface area contributed by atoms with Gasteiger partial charge < -0.3 is 10.1 Å².